The predicted molar refractivity (Wildman–Crippen MR) is 93.3 cm³/mol. The van der Waals surface area contributed by atoms with Gasteiger partial charge in [0.05, 0.1) is 18.9 Å². The van der Waals surface area contributed by atoms with E-state index in [-0.39, 0.29) is 0 Å². The third-order valence-corrected chi connectivity index (χ3v) is 3.19. The molecule has 2 amide bonds. The van der Waals surface area contributed by atoms with Crippen molar-refractivity contribution in [2.45, 2.75) is 6.92 Å². The molecule has 128 valence electrons. The molecule has 0 fully saturated rings. The zero-order chi connectivity index (χ0) is 18.2. The largest absolute Gasteiger partial charge is 0.465 e. The molecule has 0 saturated heterocycles. The Bertz CT molecular complexity index is 813. The smallest absolute Gasteiger partial charge is 0.337 e. The molecule has 0 radical (unpaired) electrons. The molecular formula is C18H17N3O4. The number of nitrogens with zero attached hydrogens (tertiary/aromatic N) is 1. The number of rotatable bonds is 4. The summed E-state index contributed by atoms with van der Waals surface area (Å²) in [5, 5.41) is 6.20. The molecular weight excluding hydrogens is 322 g/mol. The Kier molecular flexibility index (Phi) is 6.00. The van der Waals surface area contributed by atoms with Crippen LogP contribution in [0.3, 0.4) is 0 Å². The van der Waals surface area contributed by atoms with Gasteiger partial charge in [-0.05, 0) is 42.3 Å². The highest BCUT2D eigenvalue weighted by atomic mass is 16.5. The van der Waals surface area contributed by atoms with Gasteiger partial charge in [-0.1, -0.05) is 24.3 Å². The maximum Gasteiger partial charge on any atom is 0.337 e. The number of methoxy groups -OCH3 is 1. The Hall–Kier alpha value is -3.48. The van der Waals surface area contributed by atoms with Gasteiger partial charge in [0.25, 0.3) is 0 Å². The number of ether oxygens (including phenoxy) is 1. The van der Waals surface area contributed by atoms with Crippen molar-refractivity contribution in [2.75, 3.05) is 12.4 Å². The maximum absolute atomic E-state index is 11.8. The summed E-state index contributed by atoms with van der Waals surface area (Å²) in [4.78, 5) is 34.8. The van der Waals surface area contributed by atoms with E-state index >= 15 is 0 Å². The zero-order valence-corrected chi connectivity index (χ0v) is 13.8. The number of carbonyl (C=O) groups is 3. The monoisotopic (exact) mass is 339 g/mol. The lowest BCUT2D eigenvalue weighted by molar-refractivity contribution is -0.136. The Morgan fingerprint density at radius 1 is 1.04 bits per heavy atom. The Balaban J connectivity index is 1.89. The first-order valence-electron chi connectivity index (χ1n) is 7.39. The third kappa shape index (κ3) is 5.28. The first kappa shape index (κ1) is 17.9. The first-order valence-corrected chi connectivity index (χ1v) is 7.39. The average Bonchev–Trinajstić information content (AvgIpc) is 2.61. The molecule has 0 spiro atoms. The number of esters is 1. The lowest BCUT2D eigenvalue weighted by Crippen LogP contribution is -2.32. The van der Waals surface area contributed by atoms with E-state index in [1.165, 1.54) is 13.3 Å². The molecule has 0 atom stereocenters. The van der Waals surface area contributed by atoms with E-state index in [9.17, 15) is 14.4 Å². The summed E-state index contributed by atoms with van der Waals surface area (Å²) in [6.45, 7) is 1.88. The second kappa shape index (κ2) is 8.39. The predicted octanol–water partition coefficient (Wildman–Crippen LogP) is 1.87. The molecule has 7 nitrogen and oxygen atoms in total. The van der Waals surface area contributed by atoms with Gasteiger partial charge in [-0.15, -0.1) is 0 Å². The summed E-state index contributed by atoms with van der Waals surface area (Å²) in [7, 11) is 1.30. The minimum Gasteiger partial charge on any atom is -0.465 e. The summed E-state index contributed by atoms with van der Waals surface area (Å²) < 4.78 is 4.60. The zero-order valence-electron chi connectivity index (χ0n) is 13.8. The molecule has 7 heteroatoms. The van der Waals surface area contributed by atoms with Crippen LogP contribution in [0, 0.1) is 6.92 Å². The second-order valence-electron chi connectivity index (χ2n) is 5.14. The SMILES string of the molecule is COC(=O)c1ccc(C=NNC(=O)C(=O)Nc2cccc(C)c2)cc1. The van der Waals surface area contributed by atoms with Crippen LogP contribution in [0.1, 0.15) is 21.5 Å². The molecule has 2 rings (SSSR count). The first-order chi connectivity index (χ1) is 12.0. The number of anilines is 1. The fourth-order valence-electron chi connectivity index (χ4n) is 1.95. The van der Waals surface area contributed by atoms with Crippen molar-refractivity contribution in [3.8, 4) is 0 Å². The van der Waals surface area contributed by atoms with Gasteiger partial charge in [0.15, 0.2) is 0 Å². The Morgan fingerprint density at radius 3 is 2.40 bits per heavy atom. The standard InChI is InChI=1S/C18H17N3O4/c1-12-4-3-5-15(10-12)20-16(22)17(23)21-19-11-13-6-8-14(9-7-13)18(24)25-2/h3-11H,1-2H3,(H,20,22)(H,21,23). The van der Waals surface area contributed by atoms with Crippen LogP contribution in [0.4, 0.5) is 5.69 Å². The number of aryl methyl sites for hydroxylation is 1. The van der Waals surface area contributed by atoms with Crippen molar-refractivity contribution in [2.24, 2.45) is 5.10 Å². The van der Waals surface area contributed by atoms with Gasteiger partial charge >= 0.3 is 17.8 Å². The molecule has 2 aromatic carbocycles. The summed E-state index contributed by atoms with van der Waals surface area (Å²) >= 11 is 0. The van der Waals surface area contributed by atoms with E-state index in [2.05, 4.69) is 20.6 Å². The third-order valence-electron chi connectivity index (χ3n) is 3.19. The van der Waals surface area contributed by atoms with Crippen molar-refractivity contribution in [3.63, 3.8) is 0 Å². The van der Waals surface area contributed by atoms with Crippen molar-refractivity contribution in [1.29, 1.82) is 0 Å². The number of nitrogens with one attached hydrogen (secondary N) is 2. The van der Waals surface area contributed by atoms with E-state index in [0.29, 0.717) is 16.8 Å². The molecule has 0 heterocycles. The van der Waals surface area contributed by atoms with Crippen molar-refractivity contribution >= 4 is 29.7 Å². The van der Waals surface area contributed by atoms with Gasteiger partial charge in [-0.3, -0.25) is 9.59 Å². The van der Waals surface area contributed by atoms with Crippen LogP contribution in [0.5, 0.6) is 0 Å². The van der Waals surface area contributed by atoms with Gasteiger partial charge < -0.3 is 10.1 Å². The number of hydrogen-bond donors (Lipinski definition) is 2. The van der Waals surface area contributed by atoms with Gasteiger partial charge in [0, 0.05) is 5.69 Å². The van der Waals surface area contributed by atoms with Crippen LogP contribution >= 0.6 is 0 Å². The molecule has 0 saturated carbocycles. The molecule has 2 N–H and O–H groups in total. The van der Waals surface area contributed by atoms with Crippen LogP contribution in [-0.2, 0) is 14.3 Å². The van der Waals surface area contributed by atoms with E-state index in [1.807, 2.05) is 13.0 Å². The van der Waals surface area contributed by atoms with Gasteiger partial charge in [-0.25, -0.2) is 10.2 Å². The highest BCUT2D eigenvalue weighted by molar-refractivity contribution is 6.39. The van der Waals surface area contributed by atoms with Crippen LogP contribution in [-0.4, -0.2) is 31.1 Å². The summed E-state index contributed by atoms with van der Waals surface area (Å²) in [6.07, 6.45) is 1.36. The highest BCUT2D eigenvalue weighted by Crippen LogP contribution is 2.09. The minimum absolute atomic E-state index is 0.404. The van der Waals surface area contributed by atoms with Crippen LogP contribution in [0.15, 0.2) is 53.6 Å². The topological polar surface area (TPSA) is 96.9 Å². The highest BCUT2D eigenvalue weighted by Gasteiger charge is 2.12. The number of hydrazone groups is 1. The van der Waals surface area contributed by atoms with Gasteiger partial charge in [-0.2, -0.15) is 5.10 Å². The maximum atomic E-state index is 11.8. The molecule has 0 aromatic heterocycles. The Labute approximate surface area is 144 Å². The molecule has 0 bridgehead atoms. The van der Waals surface area contributed by atoms with Crippen molar-refractivity contribution < 1.29 is 19.1 Å². The lowest BCUT2D eigenvalue weighted by Gasteiger charge is -2.04. The normalized spacial score (nSPS) is 10.3. The van der Waals surface area contributed by atoms with Gasteiger partial charge in [0.2, 0.25) is 0 Å². The van der Waals surface area contributed by atoms with Crippen LogP contribution in [0.2, 0.25) is 0 Å². The van der Waals surface area contributed by atoms with Crippen LogP contribution < -0.4 is 10.7 Å². The molecule has 0 unspecified atom stereocenters. The number of carbonyl (C=O) groups excluding carboxylic acids is 3. The van der Waals surface area contributed by atoms with E-state index in [4.69, 9.17) is 0 Å². The molecule has 0 aliphatic carbocycles. The van der Waals surface area contributed by atoms with E-state index in [0.717, 1.165) is 5.56 Å². The molecule has 0 aliphatic rings. The summed E-state index contributed by atoms with van der Waals surface area (Å²) in [5.41, 5.74) is 4.69. The van der Waals surface area contributed by atoms with Crippen molar-refractivity contribution in [3.05, 3.63) is 65.2 Å². The lowest BCUT2D eigenvalue weighted by atomic mass is 10.1. The van der Waals surface area contributed by atoms with Gasteiger partial charge in [0.1, 0.15) is 0 Å². The fraction of sp³-hybridized carbons (Fsp3) is 0.111. The summed E-state index contributed by atoms with van der Waals surface area (Å²) in [5.74, 6) is -2.14. The van der Waals surface area contributed by atoms with Crippen molar-refractivity contribution in [1.82, 2.24) is 5.43 Å². The van der Waals surface area contributed by atoms with E-state index < -0.39 is 17.8 Å². The molecule has 0 aliphatic heterocycles. The average molecular weight is 339 g/mol. The van der Waals surface area contributed by atoms with Crippen LogP contribution in [0.25, 0.3) is 0 Å². The number of hydrogen-bond acceptors (Lipinski definition) is 5. The quantitative estimate of drug-likeness (QED) is 0.385. The van der Waals surface area contributed by atoms with E-state index in [1.54, 1.807) is 42.5 Å². The second-order valence-corrected chi connectivity index (χ2v) is 5.14. The fourth-order valence-corrected chi connectivity index (χ4v) is 1.95. The number of benzene rings is 2. The Morgan fingerprint density at radius 2 is 1.76 bits per heavy atom. The summed E-state index contributed by atoms with van der Waals surface area (Å²) in [6, 6.07) is 13.5. The minimum atomic E-state index is -0.885. The number of amides is 2. The molecule has 25 heavy (non-hydrogen) atoms. The molecule has 2 aromatic rings.